The first kappa shape index (κ1) is 14.2. The number of aldehydes is 1. The topological polar surface area (TPSA) is 40.5 Å². The maximum absolute atomic E-state index is 11.1. The predicted octanol–water partition coefficient (Wildman–Crippen LogP) is 3.52. The van der Waals surface area contributed by atoms with Gasteiger partial charge in [-0.25, -0.2) is 0 Å². The molecule has 0 bridgehead atoms. The lowest BCUT2D eigenvalue weighted by Gasteiger charge is -2.12. The molecule has 3 aromatic rings. The molecule has 0 aliphatic rings. The van der Waals surface area contributed by atoms with E-state index in [0.29, 0.717) is 12.1 Å². The smallest absolute Gasteiger partial charge is 0.150 e. The van der Waals surface area contributed by atoms with Gasteiger partial charge < -0.3 is 14.0 Å². The van der Waals surface area contributed by atoms with Gasteiger partial charge in [-0.2, -0.15) is 0 Å². The average Bonchev–Trinajstić information content (AvgIpc) is 2.98. The zero-order chi connectivity index (χ0) is 15.5. The van der Waals surface area contributed by atoms with Gasteiger partial charge in [-0.15, -0.1) is 0 Å². The van der Waals surface area contributed by atoms with Gasteiger partial charge in [-0.3, -0.25) is 4.79 Å². The summed E-state index contributed by atoms with van der Waals surface area (Å²) in [6.07, 6.45) is 2.87. The summed E-state index contributed by atoms with van der Waals surface area (Å²) in [5.74, 6) is 1.61. The molecule has 1 aromatic heterocycles. The van der Waals surface area contributed by atoms with E-state index in [1.165, 1.54) is 0 Å². The van der Waals surface area contributed by atoms with Gasteiger partial charge in [0.2, 0.25) is 0 Å². The highest BCUT2D eigenvalue weighted by molar-refractivity contribution is 5.97. The number of hydrogen-bond acceptors (Lipinski definition) is 3. The molecule has 0 N–H and O–H groups in total. The fraction of sp³-hybridized carbons (Fsp3) is 0.167. The van der Waals surface area contributed by atoms with Gasteiger partial charge in [0.1, 0.15) is 11.5 Å². The Kier molecular flexibility index (Phi) is 3.83. The van der Waals surface area contributed by atoms with Crippen LogP contribution in [-0.2, 0) is 6.54 Å². The Hall–Kier alpha value is -2.75. The molecule has 0 fully saturated rings. The minimum atomic E-state index is 0.645. The molecule has 0 radical (unpaired) electrons. The molecule has 0 spiro atoms. The Bertz CT molecular complexity index is 820. The summed E-state index contributed by atoms with van der Waals surface area (Å²) in [4.78, 5) is 11.1. The van der Waals surface area contributed by atoms with Crippen LogP contribution in [0.25, 0.3) is 10.9 Å². The van der Waals surface area contributed by atoms with Gasteiger partial charge in [-0.05, 0) is 30.3 Å². The van der Waals surface area contributed by atoms with Crippen molar-refractivity contribution < 1.29 is 14.3 Å². The number of fused-ring (bicyclic) bond motifs is 1. The molecule has 0 aliphatic carbocycles. The summed E-state index contributed by atoms with van der Waals surface area (Å²) in [7, 11) is 3.30. The Morgan fingerprint density at radius 1 is 1.09 bits per heavy atom. The molecule has 0 aliphatic heterocycles. The van der Waals surface area contributed by atoms with Crippen molar-refractivity contribution in [2.45, 2.75) is 6.54 Å². The van der Waals surface area contributed by atoms with Crippen molar-refractivity contribution in [2.75, 3.05) is 14.2 Å². The maximum atomic E-state index is 11.1. The highest BCUT2D eigenvalue weighted by atomic mass is 16.5. The van der Waals surface area contributed by atoms with Crippen LogP contribution in [0, 0.1) is 0 Å². The molecule has 0 saturated carbocycles. The number of hydrogen-bond donors (Lipinski definition) is 0. The molecule has 4 heteroatoms. The van der Waals surface area contributed by atoms with E-state index >= 15 is 0 Å². The summed E-state index contributed by atoms with van der Waals surface area (Å²) < 4.78 is 12.8. The van der Waals surface area contributed by atoms with Crippen LogP contribution >= 0.6 is 0 Å². The van der Waals surface area contributed by atoms with Crippen LogP contribution in [0.3, 0.4) is 0 Å². The molecule has 2 aromatic carbocycles. The van der Waals surface area contributed by atoms with Gasteiger partial charge >= 0.3 is 0 Å². The van der Waals surface area contributed by atoms with Gasteiger partial charge in [0.05, 0.1) is 20.8 Å². The van der Waals surface area contributed by atoms with Crippen LogP contribution < -0.4 is 9.47 Å². The van der Waals surface area contributed by atoms with Gasteiger partial charge in [0.15, 0.2) is 6.29 Å². The highest BCUT2D eigenvalue weighted by Gasteiger charge is 2.09. The van der Waals surface area contributed by atoms with E-state index in [4.69, 9.17) is 9.47 Å². The second kappa shape index (κ2) is 5.93. The minimum Gasteiger partial charge on any atom is -0.497 e. The van der Waals surface area contributed by atoms with Crippen molar-refractivity contribution in [1.29, 1.82) is 0 Å². The molecule has 1 heterocycles. The largest absolute Gasteiger partial charge is 0.497 e. The Balaban J connectivity index is 2.05. The second-order valence-electron chi connectivity index (χ2n) is 5.02. The van der Waals surface area contributed by atoms with Crippen LogP contribution in [0.5, 0.6) is 11.5 Å². The summed E-state index contributed by atoms with van der Waals surface area (Å²) in [6, 6.07) is 13.4. The van der Waals surface area contributed by atoms with Crippen LogP contribution in [-0.4, -0.2) is 25.1 Å². The van der Waals surface area contributed by atoms with Crippen LogP contribution in [0.2, 0.25) is 0 Å². The van der Waals surface area contributed by atoms with E-state index in [2.05, 4.69) is 4.57 Å². The molecule has 0 saturated heterocycles. The summed E-state index contributed by atoms with van der Waals surface area (Å²) in [6.45, 7) is 0.645. The highest BCUT2D eigenvalue weighted by Crippen LogP contribution is 2.27. The molecule has 112 valence electrons. The SMILES string of the molecule is COc1ccc(OC)c(Cn2ccc3c(C=O)cccc32)c1. The summed E-state index contributed by atoms with van der Waals surface area (Å²) in [5.41, 5.74) is 2.75. The zero-order valence-electron chi connectivity index (χ0n) is 12.6. The van der Waals surface area contributed by atoms with Crippen molar-refractivity contribution in [3.05, 3.63) is 59.8 Å². The van der Waals surface area contributed by atoms with Gasteiger partial charge in [-0.1, -0.05) is 12.1 Å². The normalized spacial score (nSPS) is 10.6. The lowest BCUT2D eigenvalue weighted by atomic mass is 10.1. The average molecular weight is 295 g/mol. The standard InChI is InChI=1S/C18H17NO3/c1-21-15-6-7-18(22-2)14(10-15)11-19-9-8-16-13(12-20)4-3-5-17(16)19/h3-10,12H,11H2,1-2H3. The lowest BCUT2D eigenvalue weighted by molar-refractivity contribution is 0.112. The quantitative estimate of drug-likeness (QED) is 0.676. The molecule has 22 heavy (non-hydrogen) atoms. The van der Waals surface area contributed by atoms with Crippen molar-refractivity contribution in [1.82, 2.24) is 4.57 Å². The van der Waals surface area contributed by atoms with Crippen molar-refractivity contribution >= 4 is 17.2 Å². The molecular formula is C18H17NO3. The monoisotopic (exact) mass is 295 g/mol. The van der Waals surface area contributed by atoms with Crippen LogP contribution in [0.1, 0.15) is 15.9 Å². The second-order valence-corrected chi connectivity index (χ2v) is 5.02. The third kappa shape index (κ3) is 2.44. The summed E-state index contributed by atoms with van der Waals surface area (Å²) >= 11 is 0. The maximum Gasteiger partial charge on any atom is 0.150 e. The number of ether oxygens (including phenoxy) is 2. The number of carbonyl (C=O) groups excluding carboxylic acids is 1. The number of benzene rings is 2. The number of rotatable bonds is 5. The van der Waals surface area contributed by atoms with Crippen molar-refractivity contribution in [2.24, 2.45) is 0 Å². The third-order valence-electron chi connectivity index (χ3n) is 3.80. The van der Waals surface area contributed by atoms with Gasteiger partial charge in [0.25, 0.3) is 0 Å². The molecule has 0 unspecified atom stereocenters. The first-order valence-electron chi connectivity index (χ1n) is 7.00. The molecule has 3 rings (SSSR count). The predicted molar refractivity (Wildman–Crippen MR) is 86.0 cm³/mol. The van der Waals surface area contributed by atoms with Crippen molar-refractivity contribution in [3.63, 3.8) is 0 Å². The summed E-state index contributed by atoms with van der Waals surface area (Å²) in [5, 5.41) is 0.958. The fourth-order valence-corrected chi connectivity index (χ4v) is 2.68. The molecule has 4 nitrogen and oxygen atoms in total. The van der Waals surface area contributed by atoms with Crippen LogP contribution in [0.4, 0.5) is 0 Å². The zero-order valence-corrected chi connectivity index (χ0v) is 12.6. The van der Waals surface area contributed by atoms with E-state index in [1.54, 1.807) is 14.2 Å². The molecule has 0 amide bonds. The number of nitrogens with zero attached hydrogens (tertiary/aromatic N) is 1. The third-order valence-corrected chi connectivity index (χ3v) is 3.80. The van der Waals surface area contributed by atoms with Crippen LogP contribution in [0.15, 0.2) is 48.7 Å². The first-order valence-corrected chi connectivity index (χ1v) is 7.00. The Morgan fingerprint density at radius 2 is 1.95 bits per heavy atom. The fourth-order valence-electron chi connectivity index (χ4n) is 2.68. The Labute approximate surface area is 128 Å². The first-order chi connectivity index (χ1) is 10.8. The van der Waals surface area contributed by atoms with E-state index in [0.717, 1.165) is 34.3 Å². The van der Waals surface area contributed by atoms with E-state index in [9.17, 15) is 4.79 Å². The number of methoxy groups -OCH3 is 2. The number of carbonyl (C=O) groups is 1. The lowest BCUT2D eigenvalue weighted by Crippen LogP contribution is -2.01. The minimum absolute atomic E-state index is 0.645. The molecular weight excluding hydrogens is 278 g/mol. The van der Waals surface area contributed by atoms with Gasteiger partial charge in [0, 0.05) is 28.2 Å². The van der Waals surface area contributed by atoms with E-state index in [-0.39, 0.29) is 0 Å². The van der Waals surface area contributed by atoms with E-state index in [1.807, 2.05) is 48.7 Å². The van der Waals surface area contributed by atoms with E-state index < -0.39 is 0 Å². The molecule has 0 atom stereocenters. The van der Waals surface area contributed by atoms with Crippen molar-refractivity contribution in [3.8, 4) is 11.5 Å². The number of aromatic nitrogens is 1. The Morgan fingerprint density at radius 3 is 2.68 bits per heavy atom.